The first kappa shape index (κ1) is 12.1. The zero-order chi connectivity index (χ0) is 13.3. The molecule has 1 amide bonds. The second kappa shape index (κ2) is 4.61. The highest BCUT2D eigenvalue weighted by molar-refractivity contribution is 5.93. The second-order valence-electron chi connectivity index (χ2n) is 5.14. The summed E-state index contributed by atoms with van der Waals surface area (Å²) in [6.45, 7) is 6.04. The Hall–Kier alpha value is -1.97. The van der Waals surface area contributed by atoms with E-state index < -0.39 is 0 Å². The summed E-state index contributed by atoms with van der Waals surface area (Å²) in [6.07, 6.45) is 1.91. The molecule has 4 heteroatoms. The zero-order valence-electron chi connectivity index (χ0n) is 10.9. The van der Waals surface area contributed by atoms with Gasteiger partial charge in [0.05, 0.1) is 0 Å². The Morgan fingerprint density at radius 3 is 2.84 bits per heavy atom. The van der Waals surface area contributed by atoms with E-state index in [4.69, 9.17) is 4.74 Å². The van der Waals surface area contributed by atoms with Crippen LogP contribution in [-0.4, -0.2) is 29.4 Å². The van der Waals surface area contributed by atoms with Gasteiger partial charge >= 0.3 is 0 Å². The van der Waals surface area contributed by atoms with E-state index in [0.717, 1.165) is 24.9 Å². The summed E-state index contributed by atoms with van der Waals surface area (Å²) < 4.78 is 5.74. The third-order valence-corrected chi connectivity index (χ3v) is 4.00. The Morgan fingerprint density at radius 2 is 2.21 bits per heavy atom. The van der Waals surface area contributed by atoms with Gasteiger partial charge in [0.15, 0.2) is 5.88 Å². The maximum Gasteiger partial charge on any atom is 0.247 e. The second-order valence-corrected chi connectivity index (χ2v) is 5.14. The molecule has 2 heterocycles. The molecule has 0 aliphatic carbocycles. The summed E-state index contributed by atoms with van der Waals surface area (Å²) in [7, 11) is 0. The normalized spacial score (nSPS) is 25.1. The maximum atomic E-state index is 11.8. The number of β-lactam (4-membered cyclic amide) rings is 1. The third kappa shape index (κ3) is 1.97. The highest BCUT2D eigenvalue weighted by atomic mass is 16.5. The van der Waals surface area contributed by atoms with E-state index in [1.807, 2.05) is 35.2 Å². The van der Waals surface area contributed by atoms with Gasteiger partial charge in [-0.1, -0.05) is 30.3 Å². The first-order valence-corrected chi connectivity index (χ1v) is 6.64. The summed E-state index contributed by atoms with van der Waals surface area (Å²) in [6, 6.07) is 9.98. The molecule has 4 nitrogen and oxygen atoms in total. The first-order chi connectivity index (χ1) is 9.22. The van der Waals surface area contributed by atoms with Gasteiger partial charge in [-0.05, 0) is 25.0 Å². The molecule has 1 aromatic rings. The molecule has 2 aliphatic heterocycles. The van der Waals surface area contributed by atoms with Crippen LogP contribution in [0.4, 0.5) is 0 Å². The highest BCUT2D eigenvalue weighted by Crippen LogP contribution is 2.36. The van der Waals surface area contributed by atoms with Crippen LogP contribution in [0.2, 0.25) is 0 Å². The molecule has 3 rings (SSSR count). The molecule has 19 heavy (non-hydrogen) atoms. The topological polar surface area (TPSA) is 41.6 Å². The third-order valence-electron chi connectivity index (χ3n) is 4.00. The molecular weight excluding hydrogens is 240 g/mol. The van der Waals surface area contributed by atoms with Crippen LogP contribution < -0.4 is 5.32 Å². The number of nitrogens with zero attached hydrogens (tertiary/aromatic N) is 1. The van der Waals surface area contributed by atoms with Crippen LogP contribution in [0.3, 0.4) is 0 Å². The first-order valence-electron chi connectivity index (χ1n) is 6.64. The summed E-state index contributed by atoms with van der Waals surface area (Å²) in [5.41, 5.74) is 0.725. The Bertz CT molecular complexity index is 500. The SMILES string of the molecule is C=C(OCc1ccccc1)N1CCCC12CNC2=O. The van der Waals surface area contributed by atoms with Crippen LogP contribution in [0.1, 0.15) is 18.4 Å². The van der Waals surface area contributed by atoms with E-state index >= 15 is 0 Å². The molecular formula is C15H18N2O2. The number of hydrogen-bond acceptors (Lipinski definition) is 3. The Kier molecular flexibility index (Phi) is 2.93. The predicted molar refractivity (Wildman–Crippen MR) is 72.1 cm³/mol. The smallest absolute Gasteiger partial charge is 0.247 e. The fourth-order valence-electron chi connectivity index (χ4n) is 2.85. The number of ether oxygens (including phenoxy) is 1. The predicted octanol–water partition coefficient (Wildman–Crippen LogP) is 1.64. The monoisotopic (exact) mass is 258 g/mol. The van der Waals surface area contributed by atoms with Gasteiger partial charge in [-0.3, -0.25) is 4.79 Å². The van der Waals surface area contributed by atoms with Gasteiger partial charge in [0.1, 0.15) is 12.1 Å². The number of benzene rings is 1. The van der Waals surface area contributed by atoms with Crippen LogP contribution in [0.15, 0.2) is 42.8 Å². The zero-order valence-corrected chi connectivity index (χ0v) is 10.9. The van der Waals surface area contributed by atoms with Crippen LogP contribution in [0.25, 0.3) is 0 Å². The standard InChI is InChI=1S/C15H18N2O2/c1-12(19-10-13-6-3-2-4-7-13)17-9-5-8-15(17)11-16-14(15)18/h2-4,6-7H,1,5,8-11H2,(H,16,18). The van der Waals surface area contributed by atoms with Crippen molar-refractivity contribution in [1.82, 2.24) is 10.2 Å². The minimum absolute atomic E-state index is 0.106. The summed E-state index contributed by atoms with van der Waals surface area (Å²) in [5, 5.41) is 2.82. The molecule has 100 valence electrons. The number of likely N-dealkylation sites (tertiary alicyclic amines) is 1. The van der Waals surface area contributed by atoms with Crippen molar-refractivity contribution in [2.24, 2.45) is 0 Å². The van der Waals surface area contributed by atoms with Crippen molar-refractivity contribution in [1.29, 1.82) is 0 Å². The minimum atomic E-state index is -0.381. The average Bonchev–Trinajstić information content (AvgIpc) is 2.91. The van der Waals surface area contributed by atoms with Crippen molar-refractivity contribution in [3.8, 4) is 0 Å². The molecule has 1 aromatic carbocycles. The van der Waals surface area contributed by atoms with Gasteiger partial charge in [0, 0.05) is 13.1 Å². The molecule has 1 N–H and O–H groups in total. The van der Waals surface area contributed by atoms with Crippen LogP contribution in [0, 0.1) is 0 Å². The lowest BCUT2D eigenvalue weighted by atomic mass is 9.88. The number of carbonyl (C=O) groups is 1. The summed E-state index contributed by atoms with van der Waals surface area (Å²) in [5.74, 6) is 0.714. The molecule has 0 radical (unpaired) electrons. The Morgan fingerprint density at radius 1 is 1.42 bits per heavy atom. The van der Waals surface area contributed by atoms with Crippen molar-refractivity contribution in [2.45, 2.75) is 25.0 Å². The molecule has 0 saturated carbocycles. The van der Waals surface area contributed by atoms with Crippen LogP contribution >= 0.6 is 0 Å². The summed E-state index contributed by atoms with van der Waals surface area (Å²) >= 11 is 0. The van der Waals surface area contributed by atoms with E-state index in [2.05, 4.69) is 11.9 Å². The van der Waals surface area contributed by atoms with Gasteiger partial charge < -0.3 is 15.0 Å². The van der Waals surface area contributed by atoms with E-state index in [-0.39, 0.29) is 11.4 Å². The Labute approximate surface area is 113 Å². The molecule has 1 atom stereocenters. The fraction of sp³-hybridized carbons (Fsp3) is 0.400. The fourth-order valence-corrected chi connectivity index (χ4v) is 2.85. The van der Waals surface area contributed by atoms with Crippen LogP contribution in [0.5, 0.6) is 0 Å². The number of rotatable bonds is 4. The van der Waals surface area contributed by atoms with Crippen molar-refractivity contribution in [2.75, 3.05) is 13.1 Å². The lowest BCUT2D eigenvalue weighted by Crippen LogP contribution is -2.70. The maximum absolute atomic E-state index is 11.8. The lowest BCUT2D eigenvalue weighted by Gasteiger charge is -2.45. The van der Waals surface area contributed by atoms with Gasteiger partial charge in [-0.2, -0.15) is 0 Å². The van der Waals surface area contributed by atoms with Crippen molar-refractivity contribution < 1.29 is 9.53 Å². The summed E-state index contributed by atoms with van der Waals surface area (Å²) in [4.78, 5) is 13.8. The number of nitrogens with one attached hydrogen (secondary N) is 1. The molecule has 1 unspecified atom stereocenters. The van der Waals surface area contributed by atoms with Crippen molar-refractivity contribution in [3.63, 3.8) is 0 Å². The molecule has 0 bridgehead atoms. The Balaban J connectivity index is 1.63. The lowest BCUT2D eigenvalue weighted by molar-refractivity contribution is -0.141. The number of carbonyl (C=O) groups excluding carboxylic acids is 1. The molecule has 0 aromatic heterocycles. The molecule has 2 saturated heterocycles. The highest BCUT2D eigenvalue weighted by Gasteiger charge is 2.54. The van der Waals surface area contributed by atoms with Gasteiger partial charge in [-0.15, -0.1) is 0 Å². The van der Waals surface area contributed by atoms with E-state index in [9.17, 15) is 4.79 Å². The van der Waals surface area contributed by atoms with Crippen molar-refractivity contribution in [3.05, 3.63) is 48.4 Å². The van der Waals surface area contributed by atoms with Crippen LogP contribution in [-0.2, 0) is 16.1 Å². The average molecular weight is 258 g/mol. The van der Waals surface area contributed by atoms with Gasteiger partial charge in [-0.25, -0.2) is 0 Å². The number of amides is 1. The largest absolute Gasteiger partial charge is 0.475 e. The minimum Gasteiger partial charge on any atom is -0.475 e. The molecule has 2 aliphatic rings. The van der Waals surface area contributed by atoms with Gasteiger partial charge in [0.2, 0.25) is 5.91 Å². The van der Waals surface area contributed by atoms with E-state index in [1.54, 1.807) is 0 Å². The van der Waals surface area contributed by atoms with E-state index in [1.165, 1.54) is 0 Å². The van der Waals surface area contributed by atoms with Crippen molar-refractivity contribution >= 4 is 5.91 Å². The molecule has 1 spiro atoms. The van der Waals surface area contributed by atoms with Gasteiger partial charge in [0.25, 0.3) is 0 Å². The number of hydrogen-bond donors (Lipinski definition) is 1. The quantitative estimate of drug-likeness (QED) is 0.659. The van der Waals surface area contributed by atoms with E-state index in [0.29, 0.717) is 19.0 Å². The molecule has 2 fully saturated rings.